The Morgan fingerprint density at radius 3 is 2.35 bits per heavy atom. The van der Waals surface area contributed by atoms with Gasteiger partial charge < -0.3 is 15.9 Å². The highest BCUT2D eigenvalue weighted by molar-refractivity contribution is 6.05. The summed E-state index contributed by atoms with van der Waals surface area (Å²) in [5.74, 6) is 0.677. The van der Waals surface area contributed by atoms with Crippen molar-refractivity contribution in [2.75, 3.05) is 19.4 Å². The first-order valence-corrected chi connectivity index (χ1v) is 7.14. The number of nitrogens with two attached hydrogens (primary N) is 1. The molecular weight excluding hydrogens is 250 g/mol. The monoisotopic (exact) mass is 277 g/mol. The highest BCUT2D eigenvalue weighted by atomic mass is 16.5. The molecule has 0 heterocycles. The molecule has 0 aliphatic heterocycles. The molecule has 4 nitrogen and oxygen atoms in total. The van der Waals surface area contributed by atoms with E-state index >= 15 is 0 Å². The van der Waals surface area contributed by atoms with E-state index in [2.05, 4.69) is 32.6 Å². The van der Waals surface area contributed by atoms with Crippen molar-refractivity contribution in [2.24, 2.45) is 0 Å². The minimum Gasteiger partial charge on any atom is -0.496 e. The van der Waals surface area contributed by atoms with E-state index < -0.39 is 0 Å². The average Bonchev–Trinajstić information content (AvgIpc) is 2.37. The van der Waals surface area contributed by atoms with Crippen LogP contribution in [0.2, 0.25) is 0 Å². The molecule has 0 aliphatic carbocycles. The van der Waals surface area contributed by atoms with E-state index in [9.17, 15) is 0 Å². The summed E-state index contributed by atoms with van der Waals surface area (Å²) in [6.07, 6.45) is 0.668. The zero-order chi connectivity index (χ0) is 15.3. The summed E-state index contributed by atoms with van der Waals surface area (Å²) in [6, 6.07) is 6.45. The van der Waals surface area contributed by atoms with Crippen LogP contribution in [0, 0.1) is 5.41 Å². The summed E-state index contributed by atoms with van der Waals surface area (Å²) >= 11 is 0. The van der Waals surface area contributed by atoms with Gasteiger partial charge in [-0.05, 0) is 39.8 Å². The standard InChI is InChI=1S/C16H27N3O/c1-11(2)19(12(3)4)10-9-14(18)16-13(17)7-6-8-15(16)20-5/h6-8,11-12,18H,9-10,17H2,1-5H3. The van der Waals surface area contributed by atoms with Gasteiger partial charge in [0.05, 0.1) is 12.7 Å². The number of ether oxygens (including phenoxy) is 1. The van der Waals surface area contributed by atoms with Crippen molar-refractivity contribution < 1.29 is 4.74 Å². The summed E-state index contributed by atoms with van der Waals surface area (Å²) in [4.78, 5) is 2.38. The van der Waals surface area contributed by atoms with E-state index in [-0.39, 0.29) is 0 Å². The van der Waals surface area contributed by atoms with Crippen LogP contribution in [-0.4, -0.2) is 36.3 Å². The third-order valence-corrected chi connectivity index (χ3v) is 3.53. The van der Waals surface area contributed by atoms with Gasteiger partial charge in [-0.15, -0.1) is 0 Å². The van der Waals surface area contributed by atoms with Gasteiger partial charge in [-0.2, -0.15) is 0 Å². The summed E-state index contributed by atoms with van der Waals surface area (Å²) in [7, 11) is 1.61. The van der Waals surface area contributed by atoms with Crippen molar-refractivity contribution in [3.8, 4) is 5.75 Å². The van der Waals surface area contributed by atoms with Crippen LogP contribution in [0.3, 0.4) is 0 Å². The molecule has 0 amide bonds. The SMILES string of the molecule is COc1cccc(N)c1C(=N)CCN(C(C)C)C(C)C. The lowest BCUT2D eigenvalue weighted by Crippen LogP contribution is -2.38. The fourth-order valence-electron chi connectivity index (χ4n) is 2.52. The number of benzene rings is 1. The molecule has 0 unspecified atom stereocenters. The molecule has 112 valence electrons. The first kappa shape index (κ1) is 16.5. The average molecular weight is 277 g/mol. The third-order valence-electron chi connectivity index (χ3n) is 3.53. The molecule has 0 aromatic heterocycles. The van der Waals surface area contributed by atoms with Crippen molar-refractivity contribution in [3.05, 3.63) is 23.8 Å². The Balaban J connectivity index is 2.82. The van der Waals surface area contributed by atoms with Gasteiger partial charge in [0.25, 0.3) is 0 Å². The van der Waals surface area contributed by atoms with E-state index in [0.717, 1.165) is 12.1 Å². The molecule has 1 rings (SSSR count). The number of rotatable bonds is 7. The van der Waals surface area contributed by atoms with Crippen LogP contribution in [0.4, 0.5) is 5.69 Å². The van der Waals surface area contributed by atoms with Crippen LogP contribution in [-0.2, 0) is 0 Å². The molecule has 0 atom stereocenters. The first-order valence-electron chi connectivity index (χ1n) is 7.14. The predicted octanol–water partition coefficient (Wildman–Crippen LogP) is 3.15. The highest BCUT2D eigenvalue weighted by Gasteiger charge is 2.17. The minimum atomic E-state index is 0.470. The van der Waals surface area contributed by atoms with E-state index in [1.165, 1.54) is 0 Å². The lowest BCUT2D eigenvalue weighted by atomic mass is 10.0. The van der Waals surface area contributed by atoms with Gasteiger partial charge in [-0.3, -0.25) is 4.90 Å². The van der Waals surface area contributed by atoms with Gasteiger partial charge in [-0.1, -0.05) is 6.07 Å². The number of nitrogens with zero attached hydrogens (tertiary/aromatic N) is 1. The Morgan fingerprint density at radius 1 is 1.25 bits per heavy atom. The summed E-state index contributed by atoms with van der Waals surface area (Å²) in [5.41, 5.74) is 7.85. The molecule has 1 aromatic rings. The zero-order valence-corrected chi connectivity index (χ0v) is 13.2. The third kappa shape index (κ3) is 3.97. The van der Waals surface area contributed by atoms with E-state index in [4.69, 9.17) is 15.9 Å². The topological polar surface area (TPSA) is 62.3 Å². The molecule has 4 heteroatoms. The molecule has 20 heavy (non-hydrogen) atoms. The van der Waals surface area contributed by atoms with Crippen molar-refractivity contribution in [1.82, 2.24) is 4.90 Å². The molecule has 0 radical (unpaired) electrons. The van der Waals surface area contributed by atoms with Crippen LogP contribution in [0.1, 0.15) is 39.7 Å². The lowest BCUT2D eigenvalue weighted by molar-refractivity contribution is 0.180. The van der Waals surface area contributed by atoms with Gasteiger partial charge in [0.1, 0.15) is 5.75 Å². The largest absolute Gasteiger partial charge is 0.496 e. The molecule has 0 saturated carbocycles. The van der Waals surface area contributed by atoms with Crippen LogP contribution < -0.4 is 10.5 Å². The quantitative estimate of drug-likeness (QED) is 0.594. The van der Waals surface area contributed by atoms with E-state index in [0.29, 0.717) is 35.7 Å². The Labute approximate surface area is 122 Å². The second-order valence-corrected chi connectivity index (χ2v) is 5.58. The number of nitrogen functional groups attached to an aromatic ring is 1. The summed E-state index contributed by atoms with van der Waals surface area (Å²) in [6.45, 7) is 9.58. The molecule has 0 bridgehead atoms. The lowest BCUT2D eigenvalue weighted by Gasteiger charge is -2.30. The maximum absolute atomic E-state index is 8.30. The normalized spacial score (nSPS) is 11.4. The molecule has 3 N–H and O–H groups in total. The van der Waals surface area contributed by atoms with Gasteiger partial charge in [0.15, 0.2) is 0 Å². The van der Waals surface area contributed by atoms with E-state index in [1.54, 1.807) is 7.11 Å². The van der Waals surface area contributed by atoms with Crippen LogP contribution in [0.15, 0.2) is 18.2 Å². The van der Waals surface area contributed by atoms with Gasteiger partial charge in [0.2, 0.25) is 0 Å². The Morgan fingerprint density at radius 2 is 1.85 bits per heavy atom. The second-order valence-electron chi connectivity index (χ2n) is 5.58. The Kier molecular flexibility index (Phi) is 6.02. The van der Waals surface area contributed by atoms with Crippen LogP contribution in [0.25, 0.3) is 0 Å². The maximum atomic E-state index is 8.30. The summed E-state index contributed by atoms with van der Waals surface area (Å²) < 4.78 is 5.31. The number of hydrogen-bond acceptors (Lipinski definition) is 4. The van der Waals surface area contributed by atoms with Crippen molar-refractivity contribution in [2.45, 2.75) is 46.2 Å². The molecule has 0 aliphatic rings. The minimum absolute atomic E-state index is 0.470. The second kappa shape index (κ2) is 7.29. The van der Waals surface area contributed by atoms with Crippen LogP contribution in [0.5, 0.6) is 5.75 Å². The van der Waals surface area contributed by atoms with Gasteiger partial charge in [-0.25, -0.2) is 0 Å². The predicted molar refractivity (Wildman–Crippen MR) is 85.8 cm³/mol. The number of anilines is 1. The number of nitrogens with one attached hydrogen (secondary N) is 1. The number of methoxy groups -OCH3 is 1. The molecule has 0 fully saturated rings. The molecule has 0 saturated heterocycles. The smallest absolute Gasteiger partial charge is 0.129 e. The number of hydrogen-bond donors (Lipinski definition) is 2. The van der Waals surface area contributed by atoms with Crippen molar-refractivity contribution in [3.63, 3.8) is 0 Å². The fraction of sp³-hybridized carbons (Fsp3) is 0.562. The first-order chi connectivity index (χ1) is 9.38. The van der Waals surface area contributed by atoms with Gasteiger partial charge >= 0.3 is 0 Å². The molecular formula is C16H27N3O. The molecule has 1 aromatic carbocycles. The molecule has 0 spiro atoms. The van der Waals surface area contributed by atoms with Gasteiger partial charge in [0, 0.05) is 36.4 Å². The van der Waals surface area contributed by atoms with Crippen LogP contribution >= 0.6 is 0 Å². The Bertz CT molecular complexity index is 447. The zero-order valence-electron chi connectivity index (χ0n) is 13.2. The highest BCUT2D eigenvalue weighted by Crippen LogP contribution is 2.25. The Hall–Kier alpha value is -1.55. The van der Waals surface area contributed by atoms with E-state index in [1.807, 2.05) is 18.2 Å². The maximum Gasteiger partial charge on any atom is 0.129 e. The van der Waals surface area contributed by atoms with Crippen molar-refractivity contribution in [1.29, 1.82) is 5.41 Å². The fourth-order valence-corrected chi connectivity index (χ4v) is 2.52. The summed E-state index contributed by atoms with van der Waals surface area (Å²) in [5, 5.41) is 8.30. The van der Waals surface area contributed by atoms with Crippen molar-refractivity contribution >= 4 is 11.4 Å².